The average molecular weight is 449 g/mol. The van der Waals surface area contributed by atoms with E-state index in [1.165, 1.54) is 17.8 Å². The zero-order valence-corrected chi connectivity index (χ0v) is 18.5. The fourth-order valence-electron chi connectivity index (χ4n) is 4.58. The van der Waals surface area contributed by atoms with Gasteiger partial charge in [0.25, 0.3) is 0 Å². The van der Waals surface area contributed by atoms with Crippen molar-refractivity contribution in [3.8, 4) is 17.0 Å². The van der Waals surface area contributed by atoms with Crippen LogP contribution in [-0.2, 0) is 4.79 Å². The third-order valence-corrected chi connectivity index (χ3v) is 6.11. The molecule has 1 aromatic carbocycles. The second-order valence-corrected chi connectivity index (χ2v) is 8.39. The maximum absolute atomic E-state index is 15.1. The number of hydrogen-bond donors (Lipinski definition) is 2. The number of carbonyl (C=O) groups excluding carboxylic acids is 1. The number of hydrogen-bond acceptors (Lipinski definition) is 6. The fourth-order valence-corrected chi connectivity index (χ4v) is 4.58. The summed E-state index contributed by atoms with van der Waals surface area (Å²) in [4.78, 5) is 20.1. The SMILES string of the molecule is COc1nc(NC2CCC(NC(C)=O)CC2)nn2cc(F)c(-c3ccc4ncccc4c3)c12. The first kappa shape index (κ1) is 21.1. The molecule has 1 aliphatic carbocycles. The Morgan fingerprint density at radius 1 is 1.18 bits per heavy atom. The predicted molar refractivity (Wildman–Crippen MR) is 124 cm³/mol. The summed E-state index contributed by atoms with van der Waals surface area (Å²) in [5, 5.41) is 11.7. The third-order valence-electron chi connectivity index (χ3n) is 6.11. The Balaban J connectivity index is 1.45. The Labute approximate surface area is 190 Å². The summed E-state index contributed by atoms with van der Waals surface area (Å²) in [5.74, 6) is 0.271. The van der Waals surface area contributed by atoms with Crippen LogP contribution in [0.15, 0.2) is 42.7 Å². The molecule has 1 saturated carbocycles. The van der Waals surface area contributed by atoms with Crippen molar-refractivity contribution in [2.75, 3.05) is 12.4 Å². The van der Waals surface area contributed by atoms with Crippen LogP contribution in [0.2, 0.25) is 0 Å². The molecule has 5 rings (SSSR count). The molecule has 4 aromatic rings. The molecule has 33 heavy (non-hydrogen) atoms. The molecular formula is C24H25FN6O2. The highest BCUT2D eigenvalue weighted by Gasteiger charge is 2.24. The summed E-state index contributed by atoms with van der Waals surface area (Å²) in [5.41, 5.74) is 2.40. The van der Waals surface area contributed by atoms with E-state index in [0.717, 1.165) is 36.6 Å². The van der Waals surface area contributed by atoms with Crippen LogP contribution >= 0.6 is 0 Å². The minimum atomic E-state index is -0.404. The minimum absolute atomic E-state index is 0.00181. The van der Waals surface area contributed by atoms with Crippen LogP contribution in [-0.4, -0.2) is 44.7 Å². The highest BCUT2D eigenvalue weighted by molar-refractivity contribution is 5.91. The molecule has 0 unspecified atom stereocenters. The summed E-state index contributed by atoms with van der Waals surface area (Å²) in [6, 6.07) is 9.78. The molecule has 3 aromatic heterocycles. The van der Waals surface area contributed by atoms with Crippen molar-refractivity contribution in [1.82, 2.24) is 24.9 Å². The molecule has 0 radical (unpaired) electrons. The average Bonchev–Trinajstić information content (AvgIpc) is 3.14. The Bertz CT molecular complexity index is 1330. The summed E-state index contributed by atoms with van der Waals surface area (Å²) < 4.78 is 22.2. The molecule has 3 heterocycles. The van der Waals surface area contributed by atoms with Crippen molar-refractivity contribution in [2.45, 2.75) is 44.7 Å². The topological polar surface area (TPSA) is 93.4 Å². The van der Waals surface area contributed by atoms with E-state index in [9.17, 15) is 4.79 Å². The van der Waals surface area contributed by atoms with Crippen molar-refractivity contribution in [2.24, 2.45) is 0 Å². The first-order valence-electron chi connectivity index (χ1n) is 11.0. The molecule has 9 heteroatoms. The molecule has 2 N–H and O–H groups in total. The van der Waals surface area contributed by atoms with E-state index in [-0.39, 0.29) is 18.0 Å². The Hall–Kier alpha value is -3.75. The summed E-state index contributed by atoms with van der Waals surface area (Å²) in [6.45, 7) is 1.54. The number of rotatable bonds is 5. The predicted octanol–water partition coefficient (Wildman–Crippen LogP) is 3.95. The Morgan fingerprint density at radius 2 is 1.97 bits per heavy atom. The van der Waals surface area contributed by atoms with Gasteiger partial charge in [-0.3, -0.25) is 9.78 Å². The van der Waals surface area contributed by atoms with Crippen molar-refractivity contribution >= 4 is 28.3 Å². The van der Waals surface area contributed by atoms with Crippen LogP contribution in [0.1, 0.15) is 32.6 Å². The first-order valence-corrected chi connectivity index (χ1v) is 11.0. The molecule has 0 saturated heterocycles. The van der Waals surface area contributed by atoms with Gasteiger partial charge in [0.05, 0.1) is 24.4 Å². The number of anilines is 1. The number of carbonyl (C=O) groups is 1. The van der Waals surface area contributed by atoms with Crippen LogP contribution in [0.4, 0.5) is 10.3 Å². The minimum Gasteiger partial charge on any atom is -0.479 e. The monoisotopic (exact) mass is 448 g/mol. The smallest absolute Gasteiger partial charge is 0.244 e. The molecule has 0 spiro atoms. The van der Waals surface area contributed by atoms with E-state index in [1.54, 1.807) is 13.1 Å². The van der Waals surface area contributed by atoms with Gasteiger partial charge < -0.3 is 15.4 Å². The van der Waals surface area contributed by atoms with Gasteiger partial charge in [0.1, 0.15) is 5.52 Å². The number of amides is 1. The van der Waals surface area contributed by atoms with Gasteiger partial charge in [-0.15, -0.1) is 5.10 Å². The van der Waals surface area contributed by atoms with Crippen LogP contribution in [0, 0.1) is 5.82 Å². The number of benzene rings is 1. The molecule has 0 atom stereocenters. The largest absolute Gasteiger partial charge is 0.479 e. The maximum Gasteiger partial charge on any atom is 0.244 e. The Morgan fingerprint density at radius 3 is 2.73 bits per heavy atom. The van der Waals surface area contributed by atoms with Gasteiger partial charge >= 0.3 is 0 Å². The van der Waals surface area contributed by atoms with E-state index >= 15 is 4.39 Å². The zero-order valence-electron chi connectivity index (χ0n) is 18.5. The summed E-state index contributed by atoms with van der Waals surface area (Å²) >= 11 is 0. The second-order valence-electron chi connectivity index (χ2n) is 8.39. The lowest BCUT2D eigenvalue weighted by Crippen LogP contribution is -2.39. The number of nitrogens with one attached hydrogen (secondary N) is 2. The van der Waals surface area contributed by atoms with Crippen LogP contribution in [0.5, 0.6) is 5.88 Å². The molecule has 0 aliphatic heterocycles. The maximum atomic E-state index is 15.1. The third kappa shape index (κ3) is 4.18. The number of aromatic nitrogens is 4. The lowest BCUT2D eigenvalue weighted by Gasteiger charge is -2.29. The quantitative estimate of drug-likeness (QED) is 0.480. The van der Waals surface area contributed by atoms with Gasteiger partial charge in [0.15, 0.2) is 5.82 Å². The van der Waals surface area contributed by atoms with Gasteiger partial charge in [0, 0.05) is 30.6 Å². The first-order chi connectivity index (χ1) is 16.0. The van der Waals surface area contributed by atoms with E-state index < -0.39 is 5.82 Å². The second kappa shape index (κ2) is 8.65. The standard InChI is InChI=1S/C24H25FN6O2/c1-14(32)27-17-6-8-18(9-7-17)28-24-29-23(33-2)22-21(19(25)13-31(22)30-24)16-5-10-20-15(12-16)4-3-11-26-20/h3-5,10-13,17-18H,6-9H2,1-2H3,(H,27,32)(H,28,30). The number of pyridine rings is 1. The van der Waals surface area contributed by atoms with Gasteiger partial charge in [-0.1, -0.05) is 12.1 Å². The molecule has 170 valence electrons. The number of ether oxygens (including phenoxy) is 1. The van der Waals surface area contributed by atoms with Gasteiger partial charge in [0.2, 0.25) is 17.7 Å². The van der Waals surface area contributed by atoms with Crippen molar-refractivity contribution in [1.29, 1.82) is 0 Å². The van der Waals surface area contributed by atoms with Crippen molar-refractivity contribution in [3.63, 3.8) is 0 Å². The molecular weight excluding hydrogens is 423 g/mol. The van der Waals surface area contributed by atoms with Gasteiger partial charge in [-0.25, -0.2) is 8.91 Å². The van der Waals surface area contributed by atoms with E-state index in [0.29, 0.717) is 28.5 Å². The molecule has 1 aliphatic rings. The highest BCUT2D eigenvalue weighted by Crippen LogP contribution is 2.35. The van der Waals surface area contributed by atoms with E-state index in [2.05, 4.69) is 25.7 Å². The molecule has 0 bridgehead atoms. The normalized spacial score (nSPS) is 18.4. The van der Waals surface area contributed by atoms with Gasteiger partial charge in [-0.05, 0) is 49.4 Å². The lowest BCUT2D eigenvalue weighted by atomic mass is 9.91. The molecule has 1 amide bonds. The molecule has 8 nitrogen and oxygen atoms in total. The van der Waals surface area contributed by atoms with E-state index in [4.69, 9.17) is 4.74 Å². The summed E-state index contributed by atoms with van der Waals surface area (Å²) in [7, 11) is 1.52. The van der Waals surface area contributed by atoms with Crippen molar-refractivity contribution < 1.29 is 13.9 Å². The Kier molecular flexibility index (Phi) is 5.53. The van der Waals surface area contributed by atoms with E-state index in [1.807, 2.05) is 30.3 Å². The number of halogens is 1. The lowest BCUT2D eigenvalue weighted by molar-refractivity contribution is -0.119. The number of methoxy groups -OCH3 is 1. The van der Waals surface area contributed by atoms with Crippen LogP contribution < -0.4 is 15.4 Å². The van der Waals surface area contributed by atoms with Gasteiger partial charge in [-0.2, -0.15) is 4.98 Å². The number of fused-ring (bicyclic) bond motifs is 2. The molecule has 1 fully saturated rings. The van der Waals surface area contributed by atoms with Crippen LogP contribution in [0.25, 0.3) is 27.5 Å². The van der Waals surface area contributed by atoms with Crippen molar-refractivity contribution in [3.05, 3.63) is 48.5 Å². The number of nitrogens with zero attached hydrogens (tertiary/aromatic N) is 4. The fraction of sp³-hybridized carbons (Fsp3) is 0.333. The van der Waals surface area contributed by atoms with Crippen LogP contribution in [0.3, 0.4) is 0 Å². The summed E-state index contributed by atoms with van der Waals surface area (Å²) in [6.07, 6.45) is 6.61. The highest BCUT2D eigenvalue weighted by atomic mass is 19.1. The zero-order chi connectivity index (χ0) is 22.9.